The number of carbonyl (C=O) groups is 1. The quantitative estimate of drug-likeness (QED) is 0.828. The molecule has 21 heavy (non-hydrogen) atoms. The molecular formula is C16H23N3O2. The molecule has 1 aromatic carbocycles. The van der Waals surface area contributed by atoms with Crippen LogP contribution in [0.3, 0.4) is 0 Å². The Morgan fingerprint density at radius 3 is 3.00 bits per heavy atom. The highest BCUT2D eigenvalue weighted by Gasteiger charge is 2.34. The molecule has 2 aliphatic heterocycles. The number of anilines is 1. The molecule has 0 radical (unpaired) electrons. The minimum atomic E-state index is -0.935. The number of fused-ring (bicyclic) bond motifs is 1. The number of hydrogen-bond acceptors (Lipinski definition) is 4. The van der Waals surface area contributed by atoms with E-state index in [4.69, 9.17) is 5.73 Å². The Balaban J connectivity index is 1.80. The van der Waals surface area contributed by atoms with E-state index in [1.165, 1.54) is 19.4 Å². The third kappa shape index (κ3) is 2.76. The molecule has 2 heterocycles. The van der Waals surface area contributed by atoms with Crippen molar-refractivity contribution >= 4 is 11.7 Å². The number of piperazine rings is 1. The fourth-order valence-corrected chi connectivity index (χ4v) is 3.70. The SMILES string of the molecule is CC1CN2CCCC2CN1Cc1cccc(N)c1C(=O)O. The molecular weight excluding hydrogens is 266 g/mol. The lowest BCUT2D eigenvalue weighted by atomic mass is 10.0. The predicted molar refractivity (Wildman–Crippen MR) is 82.3 cm³/mol. The number of rotatable bonds is 3. The summed E-state index contributed by atoms with van der Waals surface area (Å²) in [4.78, 5) is 16.4. The number of hydrogen-bond donors (Lipinski definition) is 2. The van der Waals surface area contributed by atoms with E-state index in [0.717, 1.165) is 18.7 Å². The summed E-state index contributed by atoms with van der Waals surface area (Å²) in [7, 11) is 0. The monoisotopic (exact) mass is 289 g/mol. The van der Waals surface area contributed by atoms with Crippen LogP contribution in [-0.2, 0) is 6.54 Å². The molecule has 5 nitrogen and oxygen atoms in total. The van der Waals surface area contributed by atoms with Gasteiger partial charge in [0.1, 0.15) is 0 Å². The fourth-order valence-electron chi connectivity index (χ4n) is 3.70. The van der Waals surface area contributed by atoms with E-state index in [1.807, 2.05) is 12.1 Å². The molecule has 0 spiro atoms. The van der Waals surface area contributed by atoms with Crippen LogP contribution in [0.25, 0.3) is 0 Å². The van der Waals surface area contributed by atoms with Crippen molar-refractivity contribution in [3.63, 3.8) is 0 Å². The van der Waals surface area contributed by atoms with Crippen molar-refractivity contribution in [2.75, 3.05) is 25.4 Å². The Hall–Kier alpha value is -1.59. The molecule has 3 N–H and O–H groups in total. The maximum atomic E-state index is 11.4. The summed E-state index contributed by atoms with van der Waals surface area (Å²) < 4.78 is 0. The second-order valence-corrected chi connectivity index (χ2v) is 6.26. The van der Waals surface area contributed by atoms with Gasteiger partial charge in [0.2, 0.25) is 0 Å². The van der Waals surface area contributed by atoms with Crippen molar-refractivity contribution in [3.8, 4) is 0 Å². The highest BCUT2D eigenvalue weighted by Crippen LogP contribution is 2.27. The lowest BCUT2D eigenvalue weighted by Gasteiger charge is -2.42. The van der Waals surface area contributed by atoms with Gasteiger partial charge in [-0.15, -0.1) is 0 Å². The topological polar surface area (TPSA) is 69.8 Å². The number of carboxylic acid groups (broad SMARTS) is 1. The summed E-state index contributed by atoms with van der Waals surface area (Å²) in [5.41, 5.74) is 7.28. The van der Waals surface area contributed by atoms with E-state index in [1.54, 1.807) is 6.07 Å². The van der Waals surface area contributed by atoms with Crippen LogP contribution < -0.4 is 5.73 Å². The number of nitrogens with zero attached hydrogens (tertiary/aromatic N) is 2. The van der Waals surface area contributed by atoms with Crippen LogP contribution in [0.1, 0.15) is 35.7 Å². The molecule has 0 amide bonds. The van der Waals surface area contributed by atoms with Gasteiger partial charge in [-0.25, -0.2) is 4.79 Å². The molecule has 2 fully saturated rings. The van der Waals surface area contributed by atoms with E-state index in [2.05, 4.69) is 16.7 Å². The first kappa shape index (κ1) is 14.4. The number of benzene rings is 1. The maximum Gasteiger partial charge on any atom is 0.338 e. The van der Waals surface area contributed by atoms with E-state index < -0.39 is 5.97 Å². The average Bonchev–Trinajstić information content (AvgIpc) is 2.85. The van der Waals surface area contributed by atoms with Crippen molar-refractivity contribution < 1.29 is 9.90 Å². The molecule has 114 valence electrons. The summed E-state index contributed by atoms with van der Waals surface area (Å²) in [6.07, 6.45) is 2.54. The first-order valence-corrected chi connectivity index (χ1v) is 7.65. The van der Waals surface area contributed by atoms with E-state index in [9.17, 15) is 9.90 Å². The summed E-state index contributed by atoms with van der Waals surface area (Å²) in [6, 6.07) is 6.46. The lowest BCUT2D eigenvalue weighted by molar-refractivity contribution is 0.0530. The first-order valence-electron chi connectivity index (χ1n) is 7.65. The molecule has 2 atom stereocenters. The van der Waals surface area contributed by atoms with Gasteiger partial charge in [0, 0.05) is 37.4 Å². The zero-order chi connectivity index (χ0) is 15.0. The number of carboxylic acids is 1. The molecule has 0 aliphatic carbocycles. The number of aromatic carboxylic acids is 1. The normalized spacial score (nSPS) is 26.7. The third-order valence-electron chi connectivity index (χ3n) is 4.84. The Morgan fingerprint density at radius 2 is 2.24 bits per heavy atom. The lowest BCUT2D eigenvalue weighted by Crippen LogP contribution is -2.54. The van der Waals surface area contributed by atoms with Crippen LogP contribution >= 0.6 is 0 Å². The Bertz CT molecular complexity index is 546. The zero-order valence-corrected chi connectivity index (χ0v) is 12.5. The Morgan fingerprint density at radius 1 is 1.43 bits per heavy atom. The van der Waals surface area contributed by atoms with Gasteiger partial charge in [0.15, 0.2) is 0 Å². The van der Waals surface area contributed by atoms with Crippen LogP contribution in [0, 0.1) is 0 Å². The summed E-state index contributed by atoms with van der Waals surface area (Å²) in [5.74, 6) is -0.935. The van der Waals surface area contributed by atoms with Gasteiger partial charge in [0.05, 0.1) is 5.56 Å². The standard InChI is InChI=1S/C16H23N3O2/c1-11-8-18-7-3-5-13(18)10-19(11)9-12-4-2-6-14(17)15(12)16(20)21/h2,4,6,11,13H,3,5,7-10,17H2,1H3,(H,20,21). The van der Waals surface area contributed by atoms with Gasteiger partial charge >= 0.3 is 5.97 Å². The summed E-state index contributed by atoms with van der Waals surface area (Å²) in [6.45, 7) is 6.20. The molecule has 0 saturated carbocycles. The first-order chi connectivity index (χ1) is 10.1. The molecule has 5 heteroatoms. The van der Waals surface area contributed by atoms with Crippen molar-refractivity contribution in [3.05, 3.63) is 29.3 Å². The van der Waals surface area contributed by atoms with E-state index in [0.29, 0.717) is 24.3 Å². The third-order valence-corrected chi connectivity index (χ3v) is 4.84. The minimum Gasteiger partial charge on any atom is -0.478 e. The smallest absolute Gasteiger partial charge is 0.338 e. The van der Waals surface area contributed by atoms with Gasteiger partial charge in [-0.1, -0.05) is 12.1 Å². The van der Waals surface area contributed by atoms with Gasteiger partial charge in [-0.05, 0) is 37.9 Å². The Labute approximate surface area is 125 Å². The highest BCUT2D eigenvalue weighted by atomic mass is 16.4. The predicted octanol–water partition coefficient (Wildman–Crippen LogP) is 1.64. The summed E-state index contributed by atoms with van der Waals surface area (Å²) in [5, 5.41) is 9.39. The van der Waals surface area contributed by atoms with Gasteiger partial charge < -0.3 is 10.8 Å². The van der Waals surface area contributed by atoms with Crippen LogP contribution in [0.15, 0.2) is 18.2 Å². The summed E-state index contributed by atoms with van der Waals surface area (Å²) >= 11 is 0. The van der Waals surface area contributed by atoms with Crippen LogP contribution in [0.4, 0.5) is 5.69 Å². The molecule has 2 aliphatic rings. The van der Waals surface area contributed by atoms with Crippen molar-refractivity contribution in [2.24, 2.45) is 0 Å². The zero-order valence-electron chi connectivity index (χ0n) is 12.5. The van der Waals surface area contributed by atoms with Gasteiger partial charge in [0.25, 0.3) is 0 Å². The minimum absolute atomic E-state index is 0.263. The highest BCUT2D eigenvalue weighted by molar-refractivity contribution is 5.95. The fraction of sp³-hybridized carbons (Fsp3) is 0.562. The molecule has 3 rings (SSSR count). The van der Waals surface area contributed by atoms with Crippen molar-refractivity contribution in [1.29, 1.82) is 0 Å². The molecule has 1 aromatic rings. The largest absolute Gasteiger partial charge is 0.478 e. The van der Waals surface area contributed by atoms with E-state index in [-0.39, 0.29) is 5.56 Å². The second-order valence-electron chi connectivity index (χ2n) is 6.26. The molecule has 0 aromatic heterocycles. The van der Waals surface area contributed by atoms with Crippen LogP contribution in [0.2, 0.25) is 0 Å². The van der Waals surface area contributed by atoms with Crippen LogP contribution in [0.5, 0.6) is 0 Å². The van der Waals surface area contributed by atoms with Crippen LogP contribution in [-0.4, -0.2) is 52.6 Å². The maximum absolute atomic E-state index is 11.4. The van der Waals surface area contributed by atoms with Gasteiger partial charge in [-0.3, -0.25) is 9.80 Å². The molecule has 2 unspecified atom stereocenters. The van der Waals surface area contributed by atoms with Crippen molar-refractivity contribution in [1.82, 2.24) is 9.80 Å². The average molecular weight is 289 g/mol. The van der Waals surface area contributed by atoms with Gasteiger partial charge in [-0.2, -0.15) is 0 Å². The number of nitrogens with two attached hydrogens (primary N) is 1. The van der Waals surface area contributed by atoms with Crippen molar-refractivity contribution in [2.45, 2.75) is 38.4 Å². The molecule has 0 bridgehead atoms. The second kappa shape index (κ2) is 5.66. The Kier molecular flexibility index (Phi) is 3.87. The number of nitrogen functional groups attached to an aromatic ring is 1. The van der Waals surface area contributed by atoms with E-state index >= 15 is 0 Å². The molecule has 2 saturated heterocycles.